The smallest absolute Gasteiger partial charge is 0.155 e. The van der Waals surface area contributed by atoms with Gasteiger partial charge >= 0.3 is 0 Å². The Bertz CT molecular complexity index is 952. The van der Waals surface area contributed by atoms with Crippen molar-refractivity contribution in [2.75, 3.05) is 19.0 Å². The fraction of sp³-hybridized carbons (Fsp3) is 0.750. The van der Waals surface area contributed by atoms with Crippen LogP contribution in [0.15, 0.2) is 18.2 Å². The minimum absolute atomic E-state index is 0.0298. The Labute approximate surface area is 201 Å². The van der Waals surface area contributed by atoms with Crippen molar-refractivity contribution >= 4 is 11.5 Å². The van der Waals surface area contributed by atoms with Crippen molar-refractivity contribution in [1.82, 2.24) is 0 Å². The fourth-order valence-corrected chi connectivity index (χ4v) is 8.62. The second kappa shape index (κ2) is 8.46. The third-order valence-corrected chi connectivity index (χ3v) is 10.3. The van der Waals surface area contributed by atoms with Gasteiger partial charge in [0.05, 0.1) is 24.9 Å². The molecule has 0 saturated heterocycles. The van der Waals surface area contributed by atoms with Gasteiger partial charge in [0, 0.05) is 12.0 Å². The highest BCUT2D eigenvalue weighted by Crippen LogP contribution is 2.66. The van der Waals surface area contributed by atoms with Gasteiger partial charge in [-0.15, -0.1) is 0 Å². The van der Waals surface area contributed by atoms with Crippen LogP contribution in [-0.2, 0) is 4.79 Å². The molecule has 0 aliphatic heterocycles. The van der Waals surface area contributed by atoms with Crippen LogP contribution in [-0.4, -0.2) is 35.8 Å². The maximum Gasteiger partial charge on any atom is 0.155 e. The molecule has 0 bridgehead atoms. The number of ether oxygens (including phenoxy) is 1. The normalized spacial score (nSPS) is 43.4. The molecule has 34 heavy (non-hydrogen) atoms. The van der Waals surface area contributed by atoms with E-state index in [1.807, 2.05) is 6.92 Å². The second-order valence-corrected chi connectivity index (χ2v) is 12.1. The zero-order valence-electron chi connectivity index (χ0n) is 20.7. The number of rotatable bonds is 5. The summed E-state index contributed by atoms with van der Waals surface area (Å²) in [5, 5.41) is 13.7. The molecule has 4 aliphatic carbocycles. The number of carbonyl (C=O) groups excluding carboxylic acids is 1. The number of fused-ring (bicyclic) bond motifs is 5. The van der Waals surface area contributed by atoms with E-state index in [-0.39, 0.29) is 41.3 Å². The maximum absolute atomic E-state index is 16.5. The summed E-state index contributed by atoms with van der Waals surface area (Å²) < 4.78 is 35.3. The number of alkyl halides is 1. The minimum atomic E-state index is -1.16. The van der Waals surface area contributed by atoms with Gasteiger partial charge < -0.3 is 15.2 Å². The first-order chi connectivity index (χ1) is 16.1. The van der Waals surface area contributed by atoms with Gasteiger partial charge in [0.1, 0.15) is 17.2 Å². The molecule has 0 amide bonds. The maximum atomic E-state index is 16.5. The van der Waals surface area contributed by atoms with Gasteiger partial charge in [0.25, 0.3) is 0 Å². The van der Waals surface area contributed by atoms with Crippen LogP contribution < -0.4 is 10.1 Å². The van der Waals surface area contributed by atoms with E-state index in [0.29, 0.717) is 42.5 Å². The van der Waals surface area contributed by atoms with Gasteiger partial charge in [-0.25, -0.2) is 8.78 Å². The predicted molar refractivity (Wildman–Crippen MR) is 128 cm³/mol. The lowest BCUT2D eigenvalue weighted by Crippen LogP contribution is -2.58. The van der Waals surface area contributed by atoms with Crippen LogP contribution in [0.25, 0.3) is 0 Å². The molecule has 6 heteroatoms. The van der Waals surface area contributed by atoms with Crippen molar-refractivity contribution in [3.8, 4) is 5.75 Å². The number of benzene rings is 1. The number of carbonyl (C=O) groups is 1. The predicted octanol–water partition coefficient (Wildman–Crippen LogP) is 5.93. The van der Waals surface area contributed by atoms with E-state index in [2.05, 4.69) is 12.2 Å². The first kappa shape index (κ1) is 24.0. The van der Waals surface area contributed by atoms with Crippen LogP contribution in [0.3, 0.4) is 0 Å². The summed E-state index contributed by atoms with van der Waals surface area (Å²) in [4.78, 5) is 13.4. The van der Waals surface area contributed by atoms with Crippen LogP contribution in [0.1, 0.15) is 71.6 Å². The van der Waals surface area contributed by atoms with Crippen molar-refractivity contribution in [3.05, 3.63) is 24.0 Å². The molecule has 4 saturated carbocycles. The van der Waals surface area contributed by atoms with Crippen LogP contribution in [0, 0.1) is 40.8 Å². The highest BCUT2D eigenvalue weighted by atomic mass is 19.1. The van der Waals surface area contributed by atoms with Crippen molar-refractivity contribution in [3.63, 3.8) is 0 Å². The Balaban J connectivity index is 1.29. The number of nitrogens with one attached hydrogen (secondary N) is 1. The van der Waals surface area contributed by atoms with Crippen LogP contribution in [0.2, 0.25) is 0 Å². The molecule has 188 valence electrons. The molecule has 1 aromatic rings. The van der Waals surface area contributed by atoms with Crippen molar-refractivity contribution in [2.24, 2.45) is 35.0 Å². The third-order valence-electron chi connectivity index (χ3n) is 10.3. The minimum Gasteiger partial charge on any atom is -0.494 e. The zero-order valence-corrected chi connectivity index (χ0v) is 20.7. The number of hydrogen-bond donors (Lipinski definition) is 2. The molecular formula is C28H39F2NO3. The van der Waals surface area contributed by atoms with Gasteiger partial charge in [-0.2, -0.15) is 0 Å². The molecule has 4 fully saturated rings. The molecule has 0 unspecified atom stereocenters. The number of aliphatic hydroxyl groups is 1. The number of anilines is 1. The second-order valence-electron chi connectivity index (χ2n) is 12.1. The Morgan fingerprint density at radius 1 is 1.12 bits per heavy atom. The average Bonchev–Trinajstić information content (AvgIpc) is 3.15. The standard InChI is InChI=1S/C28H39F2NO3/c1-26(33)12-13-28(30)17(15-26)4-6-19-20-7-8-22(27(20,2)11-10-21(19)28)24(32)16-31-23-9-5-18(29)14-25(23)34-3/h5,9,14,17,19-22,31,33H,4,6-8,10-13,15-16H2,1-3H3/t17-,19-,20-,21-,22+,26+,27-,28+/m0/s1. The zero-order chi connectivity index (χ0) is 24.3. The SMILES string of the molecule is COc1cc(F)ccc1NCC(=O)[C@H]1CC[C@H]2[C@@H]3CC[C@H]4C[C@](C)(O)CC[C@]4(F)[C@H]3CC[C@]12C. The molecule has 4 nitrogen and oxygen atoms in total. The Morgan fingerprint density at radius 3 is 2.68 bits per heavy atom. The molecule has 0 radical (unpaired) electrons. The van der Waals surface area contributed by atoms with Gasteiger partial charge in [-0.05, 0) is 106 Å². The molecule has 0 spiro atoms. The first-order valence-corrected chi connectivity index (χ1v) is 13.1. The fourth-order valence-electron chi connectivity index (χ4n) is 8.62. The molecule has 0 heterocycles. The van der Waals surface area contributed by atoms with Crippen molar-refractivity contribution in [1.29, 1.82) is 0 Å². The molecule has 8 atom stereocenters. The monoisotopic (exact) mass is 475 g/mol. The Morgan fingerprint density at radius 2 is 1.91 bits per heavy atom. The van der Waals surface area contributed by atoms with Crippen molar-refractivity contribution in [2.45, 2.75) is 82.9 Å². The summed E-state index contributed by atoms with van der Waals surface area (Å²) in [6, 6.07) is 4.28. The third kappa shape index (κ3) is 3.84. The van der Waals surface area contributed by atoms with Crippen LogP contribution in [0.4, 0.5) is 14.5 Å². The summed E-state index contributed by atoms with van der Waals surface area (Å²) in [6.07, 6.45) is 7.06. The lowest BCUT2D eigenvalue weighted by Gasteiger charge is -2.59. The molecule has 5 rings (SSSR count). The number of ketones is 1. The van der Waals surface area contributed by atoms with E-state index in [9.17, 15) is 14.3 Å². The lowest BCUT2D eigenvalue weighted by molar-refractivity contribution is -0.165. The van der Waals surface area contributed by atoms with Crippen LogP contribution >= 0.6 is 0 Å². The van der Waals surface area contributed by atoms with E-state index in [1.54, 1.807) is 6.07 Å². The Hall–Kier alpha value is -1.69. The van der Waals surface area contributed by atoms with Gasteiger partial charge in [-0.3, -0.25) is 4.79 Å². The lowest BCUT2D eigenvalue weighted by atomic mass is 9.48. The Kier molecular flexibility index (Phi) is 5.98. The largest absolute Gasteiger partial charge is 0.494 e. The van der Waals surface area contributed by atoms with E-state index >= 15 is 4.39 Å². The number of methoxy groups -OCH3 is 1. The molecule has 1 aromatic carbocycles. The van der Waals surface area contributed by atoms with E-state index in [1.165, 1.54) is 19.2 Å². The van der Waals surface area contributed by atoms with Crippen LogP contribution in [0.5, 0.6) is 5.75 Å². The molecule has 2 N–H and O–H groups in total. The summed E-state index contributed by atoms with van der Waals surface area (Å²) in [5.41, 5.74) is -1.36. The van der Waals surface area contributed by atoms with Gasteiger partial charge in [0.15, 0.2) is 5.78 Å². The summed E-state index contributed by atoms with van der Waals surface area (Å²) in [7, 11) is 1.49. The average molecular weight is 476 g/mol. The topological polar surface area (TPSA) is 58.6 Å². The summed E-state index contributed by atoms with van der Waals surface area (Å²) in [6.45, 7) is 4.32. The van der Waals surface area contributed by atoms with Gasteiger partial charge in [-0.1, -0.05) is 6.92 Å². The molecule has 0 aromatic heterocycles. The quantitative estimate of drug-likeness (QED) is 0.554. The van der Waals surface area contributed by atoms with E-state index < -0.39 is 11.3 Å². The molecular weight excluding hydrogens is 436 g/mol. The highest BCUT2D eigenvalue weighted by molar-refractivity contribution is 5.86. The number of Topliss-reactive ketones (excluding diaryl/α,β-unsaturated/α-hetero) is 1. The molecule has 4 aliphatic rings. The van der Waals surface area contributed by atoms with E-state index in [4.69, 9.17) is 4.74 Å². The number of hydrogen-bond acceptors (Lipinski definition) is 4. The van der Waals surface area contributed by atoms with E-state index in [0.717, 1.165) is 38.5 Å². The van der Waals surface area contributed by atoms with Gasteiger partial charge in [0.2, 0.25) is 0 Å². The first-order valence-electron chi connectivity index (χ1n) is 13.1. The highest BCUT2D eigenvalue weighted by Gasteiger charge is 2.63. The van der Waals surface area contributed by atoms with Crippen molar-refractivity contribution < 1.29 is 23.4 Å². The summed E-state index contributed by atoms with van der Waals surface area (Å²) in [5.74, 6) is 0.929. The summed E-state index contributed by atoms with van der Waals surface area (Å²) >= 11 is 0. The number of halogens is 2.